The Labute approximate surface area is 135 Å². The summed E-state index contributed by atoms with van der Waals surface area (Å²) in [4.78, 5) is 3.94. The van der Waals surface area contributed by atoms with Crippen molar-refractivity contribution in [3.05, 3.63) is 72.8 Å². The van der Waals surface area contributed by atoms with E-state index in [0.717, 1.165) is 23.5 Å². The van der Waals surface area contributed by atoms with Gasteiger partial charge in [0.1, 0.15) is 5.75 Å². The van der Waals surface area contributed by atoms with E-state index in [0.29, 0.717) is 5.76 Å². The number of nitrogens with one attached hydrogen (secondary N) is 1. The van der Waals surface area contributed by atoms with Crippen LogP contribution < -0.4 is 10.1 Å². The van der Waals surface area contributed by atoms with Gasteiger partial charge in [0.2, 0.25) is 0 Å². The number of methoxy groups -OCH3 is 1. The van der Waals surface area contributed by atoms with E-state index in [-0.39, 0.29) is 0 Å². The Kier molecular flexibility index (Phi) is 4.74. The quantitative estimate of drug-likeness (QED) is 0.729. The van der Waals surface area contributed by atoms with Crippen molar-refractivity contribution >= 4 is 11.8 Å². The maximum atomic E-state index is 5.44. The van der Waals surface area contributed by atoms with Crippen LogP contribution in [0.1, 0.15) is 5.56 Å². The lowest BCUT2D eigenvalue weighted by atomic mass is 10.1. The third-order valence-electron chi connectivity index (χ3n) is 3.43. The topological polar surface area (TPSA) is 47.3 Å². The summed E-state index contributed by atoms with van der Waals surface area (Å²) in [5.41, 5.74) is 3.06. The molecule has 4 heteroatoms. The van der Waals surface area contributed by atoms with E-state index in [1.165, 1.54) is 12.0 Å². The normalized spacial score (nSPS) is 10.8. The van der Waals surface area contributed by atoms with Crippen LogP contribution in [-0.4, -0.2) is 18.6 Å². The lowest BCUT2D eigenvalue weighted by molar-refractivity contribution is 0.415. The second-order valence-electron chi connectivity index (χ2n) is 4.97. The zero-order chi connectivity index (χ0) is 15.9. The fourth-order valence-corrected chi connectivity index (χ4v) is 2.29. The summed E-state index contributed by atoms with van der Waals surface area (Å²) in [6.45, 7) is 0.736. The first-order valence-corrected chi connectivity index (χ1v) is 7.39. The molecule has 1 aromatic heterocycles. The van der Waals surface area contributed by atoms with E-state index in [9.17, 15) is 0 Å². The first kappa shape index (κ1) is 14.9. The number of nitrogens with zero attached hydrogens (tertiary/aromatic N) is 1. The van der Waals surface area contributed by atoms with Gasteiger partial charge in [-0.1, -0.05) is 42.5 Å². The summed E-state index contributed by atoms with van der Waals surface area (Å²) in [5, 5.41) is 3.35. The van der Waals surface area contributed by atoms with Gasteiger partial charge in [0.25, 0.3) is 0 Å². The van der Waals surface area contributed by atoms with Crippen LogP contribution in [0.15, 0.2) is 71.6 Å². The standard InChI is InChI=1S/C19H18N2O2/c1-22-18-12-16(9-10-17(18)19-13-20-14-23-19)21-11-5-8-15-6-3-2-4-7-15/h2-10,12-14,21H,11H2,1H3. The van der Waals surface area contributed by atoms with Crippen molar-refractivity contribution in [1.29, 1.82) is 0 Å². The Morgan fingerprint density at radius 1 is 1.17 bits per heavy atom. The molecule has 3 aromatic rings. The number of benzene rings is 2. The molecule has 0 bridgehead atoms. The van der Waals surface area contributed by atoms with Crippen LogP contribution in [0, 0.1) is 0 Å². The largest absolute Gasteiger partial charge is 0.496 e. The van der Waals surface area contributed by atoms with E-state index >= 15 is 0 Å². The first-order chi connectivity index (χ1) is 11.4. The van der Waals surface area contributed by atoms with Gasteiger partial charge < -0.3 is 14.5 Å². The molecule has 0 fully saturated rings. The molecular weight excluding hydrogens is 288 g/mol. The van der Waals surface area contributed by atoms with Crippen LogP contribution in [0.25, 0.3) is 17.4 Å². The van der Waals surface area contributed by atoms with Gasteiger partial charge in [0.15, 0.2) is 12.2 Å². The summed E-state index contributed by atoms with van der Waals surface area (Å²) in [7, 11) is 1.65. The molecule has 23 heavy (non-hydrogen) atoms. The molecule has 0 radical (unpaired) electrons. The molecule has 0 aliphatic heterocycles. The highest BCUT2D eigenvalue weighted by Gasteiger charge is 2.09. The van der Waals surface area contributed by atoms with Crippen LogP contribution in [0.5, 0.6) is 5.75 Å². The molecule has 0 unspecified atom stereocenters. The molecular formula is C19H18N2O2. The Hall–Kier alpha value is -3.01. The van der Waals surface area contributed by atoms with Gasteiger partial charge >= 0.3 is 0 Å². The Bertz CT molecular complexity index is 765. The van der Waals surface area contributed by atoms with Gasteiger partial charge in [0, 0.05) is 18.3 Å². The number of aromatic nitrogens is 1. The van der Waals surface area contributed by atoms with Gasteiger partial charge in [-0.25, -0.2) is 4.98 Å². The maximum absolute atomic E-state index is 5.44. The smallest absolute Gasteiger partial charge is 0.181 e. The molecule has 3 rings (SSSR count). The maximum Gasteiger partial charge on any atom is 0.181 e. The van der Waals surface area contributed by atoms with E-state index in [1.807, 2.05) is 36.4 Å². The highest BCUT2D eigenvalue weighted by molar-refractivity contribution is 5.69. The fraction of sp³-hybridized carbons (Fsp3) is 0.105. The number of rotatable bonds is 6. The predicted octanol–water partition coefficient (Wildman–Crippen LogP) is 4.48. The molecule has 1 heterocycles. The Morgan fingerprint density at radius 2 is 2.04 bits per heavy atom. The SMILES string of the molecule is COc1cc(NCC=Cc2ccccc2)ccc1-c1cnco1. The Morgan fingerprint density at radius 3 is 2.78 bits per heavy atom. The highest BCUT2D eigenvalue weighted by atomic mass is 16.5. The monoisotopic (exact) mass is 306 g/mol. The van der Waals surface area contributed by atoms with E-state index < -0.39 is 0 Å². The second-order valence-corrected chi connectivity index (χ2v) is 4.97. The number of hydrogen-bond acceptors (Lipinski definition) is 4. The lowest BCUT2D eigenvalue weighted by Crippen LogP contribution is -1.99. The first-order valence-electron chi connectivity index (χ1n) is 7.39. The molecule has 116 valence electrons. The van der Waals surface area contributed by atoms with E-state index in [1.54, 1.807) is 13.3 Å². The van der Waals surface area contributed by atoms with Crippen LogP contribution in [0.4, 0.5) is 5.69 Å². The average molecular weight is 306 g/mol. The van der Waals surface area contributed by atoms with Crippen LogP contribution in [-0.2, 0) is 0 Å². The minimum Gasteiger partial charge on any atom is -0.496 e. The van der Waals surface area contributed by atoms with Crippen molar-refractivity contribution in [3.63, 3.8) is 0 Å². The number of anilines is 1. The molecule has 4 nitrogen and oxygen atoms in total. The van der Waals surface area contributed by atoms with Crippen molar-refractivity contribution in [2.45, 2.75) is 0 Å². The summed E-state index contributed by atoms with van der Waals surface area (Å²) >= 11 is 0. The molecule has 0 spiro atoms. The summed E-state index contributed by atoms with van der Waals surface area (Å²) in [5.74, 6) is 1.44. The molecule has 2 aromatic carbocycles. The number of oxazole rings is 1. The highest BCUT2D eigenvalue weighted by Crippen LogP contribution is 2.32. The van der Waals surface area contributed by atoms with Crippen molar-refractivity contribution in [2.75, 3.05) is 19.0 Å². The third-order valence-corrected chi connectivity index (χ3v) is 3.43. The minimum atomic E-state index is 0.692. The van der Waals surface area contributed by atoms with Crippen LogP contribution >= 0.6 is 0 Å². The average Bonchev–Trinajstić information content (AvgIpc) is 3.14. The van der Waals surface area contributed by atoms with Crippen molar-refractivity contribution in [1.82, 2.24) is 4.98 Å². The third kappa shape index (κ3) is 3.80. The van der Waals surface area contributed by atoms with E-state index in [4.69, 9.17) is 9.15 Å². The van der Waals surface area contributed by atoms with Gasteiger partial charge in [0.05, 0.1) is 18.9 Å². The van der Waals surface area contributed by atoms with Gasteiger partial charge in [-0.05, 0) is 17.7 Å². The van der Waals surface area contributed by atoms with Crippen LogP contribution in [0.3, 0.4) is 0 Å². The molecule has 0 amide bonds. The van der Waals surface area contributed by atoms with Gasteiger partial charge in [-0.15, -0.1) is 0 Å². The predicted molar refractivity (Wildman–Crippen MR) is 92.5 cm³/mol. The fourth-order valence-electron chi connectivity index (χ4n) is 2.29. The summed E-state index contributed by atoms with van der Waals surface area (Å²) in [6.07, 6.45) is 7.27. The van der Waals surface area contributed by atoms with E-state index in [2.05, 4.69) is 34.6 Å². The summed E-state index contributed by atoms with van der Waals surface area (Å²) in [6, 6.07) is 16.1. The molecule has 1 N–H and O–H groups in total. The van der Waals surface area contributed by atoms with Gasteiger partial charge in [-0.3, -0.25) is 0 Å². The Balaban J connectivity index is 1.66. The van der Waals surface area contributed by atoms with Crippen molar-refractivity contribution in [3.8, 4) is 17.1 Å². The molecule has 0 aliphatic rings. The van der Waals surface area contributed by atoms with Gasteiger partial charge in [-0.2, -0.15) is 0 Å². The molecule has 0 saturated heterocycles. The molecule has 0 aliphatic carbocycles. The molecule has 0 saturated carbocycles. The zero-order valence-electron chi connectivity index (χ0n) is 12.9. The molecule has 0 atom stereocenters. The number of hydrogen-bond donors (Lipinski definition) is 1. The number of ether oxygens (including phenoxy) is 1. The summed E-state index contributed by atoms with van der Waals surface area (Å²) < 4.78 is 10.8. The van der Waals surface area contributed by atoms with Crippen molar-refractivity contribution < 1.29 is 9.15 Å². The van der Waals surface area contributed by atoms with Crippen molar-refractivity contribution in [2.24, 2.45) is 0 Å². The minimum absolute atomic E-state index is 0.692. The zero-order valence-corrected chi connectivity index (χ0v) is 12.9. The lowest BCUT2D eigenvalue weighted by Gasteiger charge is -2.09. The van der Waals surface area contributed by atoms with Crippen LogP contribution in [0.2, 0.25) is 0 Å². The second kappa shape index (κ2) is 7.31.